The number of halogens is 1. The second-order valence-corrected chi connectivity index (χ2v) is 16.2. The SMILES string of the molecule is CC(C)(C)OC(=O)N1CC(c2ccc(C[C@@H]3C(C)(C)OC(CC45CC6CC(CC4C6)C5)=NS3(=O)=O)c(F)c2)C1. The highest BCUT2D eigenvalue weighted by atomic mass is 32.2. The van der Waals surface area contributed by atoms with E-state index in [1.165, 1.54) is 25.3 Å². The number of likely N-dealkylation sites (tertiary alicyclic amines) is 1. The summed E-state index contributed by atoms with van der Waals surface area (Å²) in [6, 6.07) is 4.96. The van der Waals surface area contributed by atoms with Gasteiger partial charge in [0.15, 0.2) is 0 Å². The smallest absolute Gasteiger partial charge is 0.410 e. The Labute approximate surface area is 231 Å². The number of nitrogens with zero attached hydrogens (tertiary/aromatic N) is 2. The van der Waals surface area contributed by atoms with E-state index in [0.29, 0.717) is 36.9 Å². The molecule has 2 aliphatic heterocycles. The fourth-order valence-corrected chi connectivity index (χ4v) is 9.94. The first-order valence-electron chi connectivity index (χ1n) is 14.4. The van der Waals surface area contributed by atoms with Gasteiger partial charge in [-0.2, -0.15) is 0 Å². The minimum Gasteiger partial charge on any atom is -0.473 e. The number of sulfonamides is 1. The summed E-state index contributed by atoms with van der Waals surface area (Å²) in [4.78, 5) is 13.8. The van der Waals surface area contributed by atoms with Crippen LogP contribution in [0, 0.1) is 29.0 Å². The van der Waals surface area contributed by atoms with Crippen LogP contribution in [0.5, 0.6) is 0 Å². The van der Waals surface area contributed by atoms with E-state index < -0.39 is 32.3 Å². The zero-order valence-electron chi connectivity index (χ0n) is 23.7. The minimum atomic E-state index is -3.88. The normalized spacial score (nSPS) is 34.4. The number of hydrogen-bond acceptors (Lipinski definition) is 5. The summed E-state index contributed by atoms with van der Waals surface area (Å²) < 4.78 is 58.1. The lowest BCUT2D eigenvalue weighted by molar-refractivity contribution is 0.00817. The monoisotopic (exact) mass is 560 g/mol. The highest BCUT2D eigenvalue weighted by Gasteiger charge is 2.59. The standard InChI is InChI=1S/C30H41FN2O5S/c1-28(2,3)38-27(34)33-16-22(17-33)20-6-7-21(24(31)11-20)12-25-29(4,5)37-26(32-39(25,35)36)15-30-13-18-8-19(14-30)10-23(30)9-18/h6-7,11,18-19,22-23,25H,8-10,12-17H2,1-5H3/t18?,19?,23?,25-,30?/m1/s1. The van der Waals surface area contributed by atoms with Gasteiger partial charge >= 0.3 is 6.09 Å². The van der Waals surface area contributed by atoms with Gasteiger partial charge in [-0.05, 0) is 114 Å². The Morgan fingerprint density at radius 2 is 1.82 bits per heavy atom. The predicted molar refractivity (Wildman–Crippen MR) is 147 cm³/mol. The van der Waals surface area contributed by atoms with Crippen LogP contribution in [-0.2, 0) is 25.9 Å². The lowest BCUT2D eigenvalue weighted by atomic mass is 9.73. The maximum atomic E-state index is 15.3. The van der Waals surface area contributed by atoms with Crippen molar-refractivity contribution >= 4 is 22.0 Å². The highest BCUT2D eigenvalue weighted by molar-refractivity contribution is 7.91. The molecule has 0 N–H and O–H groups in total. The molecule has 39 heavy (non-hydrogen) atoms. The Kier molecular flexibility index (Phi) is 6.18. The molecule has 2 unspecified atom stereocenters. The van der Waals surface area contributed by atoms with Gasteiger partial charge in [0.25, 0.3) is 10.0 Å². The van der Waals surface area contributed by atoms with Crippen molar-refractivity contribution in [1.82, 2.24) is 4.90 Å². The third kappa shape index (κ3) is 4.97. The fraction of sp³-hybridized carbons (Fsp3) is 0.733. The van der Waals surface area contributed by atoms with Crippen LogP contribution < -0.4 is 0 Å². The number of ether oxygens (including phenoxy) is 2. The molecule has 1 amide bonds. The number of hydrogen-bond donors (Lipinski definition) is 0. The van der Waals surface area contributed by atoms with Gasteiger partial charge in [-0.1, -0.05) is 12.1 Å². The van der Waals surface area contributed by atoms with Crippen molar-refractivity contribution in [3.63, 3.8) is 0 Å². The average molecular weight is 561 g/mol. The zero-order valence-corrected chi connectivity index (χ0v) is 24.5. The Hall–Kier alpha value is -2.16. The molecule has 9 heteroatoms. The van der Waals surface area contributed by atoms with Crippen molar-refractivity contribution < 1.29 is 27.1 Å². The molecule has 4 aliphatic carbocycles. The molecule has 4 bridgehead atoms. The Balaban J connectivity index is 1.13. The molecule has 7 rings (SSSR count). The molecule has 214 valence electrons. The number of benzene rings is 1. The van der Waals surface area contributed by atoms with E-state index in [9.17, 15) is 13.2 Å². The first-order valence-corrected chi connectivity index (χ1v) is 15.9. The molecule has 4 saturated carbocycles. The van der Waals surface area contributed by atoms with Gasteiger partial charge in [0, 0.05) is 25.4 Å². The van der Waals surface area contributed by atoms with Gasteiger partial charge in [0.2, 0.25) is 5.90 Å². The van der Waals surface area contributed by atoms with E-state index in [2.05, 4.69) is 4.40 Å². The van der Waals surface area contributed by atoms with E-state index in [0.717, 1.165) is 30.2 Å². The first-order chi connectivity index (χ1) is 18.1. The van der Waals surface area contributed by atoms with Crippen molar-refractivity contribution in [2.45, 2.75) is 102 Å². The third-order valence-corrected chi connectivity index (χ3v) is 11.8. The average Bonchev–Trinajstić information content (AvgIpc) is 3.11. The van der Waals surface area contributed by atoms with Gasteiger partial charge in [0.05, 0.1) is 0 Å². The minimum absolute atomic E-state index is 0.00908. The van der Waals surface area contributed by atoms with Crippen LogP contribution in [0.1, 0.15) is 90.2 Å². The molecule has 1 aromatic carbocycles. The van der Waals surface area contributed by atoms with Crippen LogP contribution in [0.2, 0.25) is 0 Å². The molecule has 6 aliphatic rings. The Morgan fingerprint density at radius 1 is 1.15 bits per heavy atom. The van der Waals surface area contributed by atoms with Crippen LogP contribution >= 0.6 is 0 Å². The largest absolute Gasteiger partial charge is 0.473 e. The molecule has 1 aromatic rings. The number of amides is 1. The van der Waals surface area contributed by atoms with E-state index >= 15 is 4.39 Å². The number of carbonyl (C=O) groups is 1. The van der Waals surface area contributed by atoms with Crippen LogP contribution in [0.25, 0.3) is 0 Å². The lowest BCUT2D eigenvalue weighted by Crippen LogP contribution is -2.51. The van der Waals surface area contributed by atoms with Gasteiger partial charge < -0.3 is 14.4 Å². The van der Waals surface area contributed by atoms with Crippen LogP contribution in [0.15, 0.2) is 22.6 Å². The highest BCUT2D eigenvalue weighted by Crippen LogP contribution is 2.67. The Bertz CT molecular complexity index is 1300. The van der Waals surface area contributed by atoms with Crippen molar-refractivity contribution in [2.24, 2.45) is 27.6 Å². The second kappa shape index (κ2) is 8.92. The fourth-order valence-electron chi connectivity index (χ4n) is 8.27. The lowest BCUT2D eigenvalue weighted by Gasteiger charge is -2.40. The van der Waals surface area contributed by atoms with Gasteiger partial charge in [-0.25, -0.2) is 17.6 Å². The van der Waals surface area contributed by atoms with Crippen LogP contribution in [0.3, 0.4) is 0 Å². The molecule has 5 fully saturated rings. The molecule has 3 atom stereocenters. The maximum Gasteiger partial charge on any atom is 0.410 e. The predicted octanol–water partition coefficient (Wildman–Crippen LogP) is 5.82. The van der Waals surface area contributed by atoms with Crippen molar-refractivity contribution in [3.05, 3.63) is 35.1 Å². The van der Waals surface area contributed by atoms with Crippen molar-refractivity contribution in [1.29, 1.82) is 0 Å². The second-order valence-electron chi connectivity index (χ2n) is 14.4. The molecule has 0 aromatic heterocycles. The summed E-state index contributed by atoms with van der Waals surface area (Å²) in [5.41, 5.74) is -0.315. The maximum absolute atomic E-state index is 15.3. The van der Waals surface area contributed by atoms with Crippen LogP contribution in [-0.4, -0.2) is 54.9 Å². The molecule has 7 nitrogen and oxygen atoms in total. The summed E-state index contributed by atoms with van der Waals surface area (Å²) in [6.45, 7) is 9.97. The summed E-state index contributed by atoms with van der Waals surface area (Å²) >= 11 is 0. The topological polar surface area (TPSA) is 85.3 Å². The number of carbonyl (C=O) groups excluding carboxylic acids is 1. The van der Waals surface area contributed by atoms with Gasteiger partial charge in [0.1, 0.15) is 22.3 Å². The van der Waals surface area contributed by atoms with Crippen LogP contribution in [0.4, 0.5) is 9.18 Å². The summed E-state index contributed by atoms with van der Waals surface area (Å²) in [7, 11) is -3.88. The molecular weight excluding hydrogens is 519 g/mol. The quantitative estimate of drug-likeness (QED) is 0.453. The zero-order chi connectivity index (χ0) is 28.0. The summed E-state index contributed by atoms with van der Waals surface area (Å²) in [6.07, 6.45) is 6.40. The van der Waals surface area contributed by atoms with Crippen molar-refractivity contribution in [2.75, 3.05) is 13.1 Å². The molecule has 0 radical (unpaired) electrons. The van der Waals surface area contributed by atoms with Crippen molar-refractivity contribution in [3.8, 4) is 0 Å². The van der Waals surface area contributed by atoms with Gasteiger partial charge in [-0.15, -0.1) is 4.40 Å². The van der Waals surface area contributed by atoms with E-state index in [4.69, 9.17) is 9.47 Å². The van der Waals surface area contributed by atoms with Gasteiger partial charge in [-0.3, -0.25) is 0 Å². The third-order valence-electron chi connectivity index (χ3n) is 9.89. The van der Waals surface area contributed by atoms with E-state index in [-0.39, 0.29) is 23.8 Å². The summed E-state index contributed by atoms with van der Waals surface area (Å²) in [5.74, 6) is 2.13. The molecule has 1 saturated heterocycles. The van der Waals surface area contributed by atoms with E-state index in [1.807, 2.05) is 26.8 Å². The molecule has 0 spiro atoms. The van der Waals surface area contributed by atoms with E-state index in [1.54, 1.807) is 24.8 Å². The first kappa shape index (κ1) is 27.0. The molecule has 2 heterocycles. The Morgan fingerprint density at radius 3 is 2.41 bits per heavy atom. The molecular formula is C30H41FN2O5S. The number of rotatable bonds is 5. The summed E-state index contributed by atoms with van der Waals surface area (Å²) in [5, 5.41) is -0.977.